The highest BCUT2D eigenvalue weighted by Gasteiger charge is 2.01. The summed E-state index contributed by atoms with van der Waals surface area (Å²) in [4.78, 5) is 5.17. The van der Waals surface area contributed by atoms with E-state index in [4.69, 9.17) is 9.47 Å². The first-order valence-electron chi connectivity index (χ1n) is 4.65. The van der Waals surface area contributed by atoms with Crippen LogP contribution in [0.4, 0.5) is 0 Å². The molecule has 0 N–H and O–H groups in total. The van der Waals surface area contributed by atoms with E-state index in [1.165, 1.54) is 0 Å². The van der Waals surface area contributed by atoms with Gasteiger partial charge in [-0.2, -0.15) is 0 Å². The third-order valence-electron chi connectivity index (χ3n) is 1.95. The molecular formula is C11H10BrNO2S. The van der Waals surface area contributed by atoms with E-state index in [1.807, 2.05) is 24.3 Å². The molecule has 3 nitrogen and oxygen atoms in total. The van der Waals surface area contributed by atoms with E-state index in [0.717, 1.165) is 20.3 Å². The summed E-state index contributed by atoms with van der Waals surface area (Å²) in [5.41, 5.74) is 0. The normalized spacial score (nSPS) is 10.1. The molecule has 0 fully saturated rings. The Morgan fingerprint density at radius 3 is 2.88 bits per heavy atom. The number of nitrogens with zero attached hydrogens (tertiary/aromatic N) is 1. The highest BCUT2D eigenvalue weighted by molar-refractivity contribution is 9.11. The Labute approximate surface area is 106 Å². The number of hydrogen-bond acceptors (Lipinski definition) is 4. The molecule has 0 aliphatic carbocycles. The Bertz CT molecular complexity index is 473. The van der Waals surface area contributed by atoms with Crippen molar-refractivity contribution >= 4 is 27.3 Å². The monoisotopic (exact) mass is 299 g/mol. The van der Waals surface area contributed by atoms with Gasteiger partial charge in [0.1, 0.15) is 18.1 Å². The van der Waals surface area contributed by atoms with Gasteiger partial charge in [0.15, 0.2) is 3.92 Å². The lowest BCUT2D eigenvalue weighted by atomic mass is 10.3. The van der Waals surface area contributed by atoms with Crippen LogP contribution in [0.25, 0.3) is 0 Å². The maximum atomic E-state index is 5.62. The van der Waals surface area contributed by atoms with Crippen LogP contribution in [0, 0.1) is 0 Å². The molecule has 1 aromatic heterocycles. The van der Waals surface area contributed by atoms with E-state index in [0.29, 0.717) is 6.61 Å². The van der Waals surface area contributed by atoms with Gasteiger partial charge in [-0.15, -0.1) is 11.3 Å². The van der Waals surface area contributed by atoms with E-state index < -0.39 is 0 Å². The fourth-order valence-electron chi connectivity index (χ4n) is 1.20. The second-order valence-electron chi connectivity index (χ2n) is 3.05. The molecular weight excluding hydrogens is 290 g/mol. The van der Waals surface area contributed by atoms with Crippen molar-refractivity contribution in [1.82, 2.24) is 4.98 Å². The Morgan fingerprint density at radius 2 is 2.19 bits per heavy atom. The Hall–Kier alpha value is -1.07. The molecule has 1 heterocycles. The molecule has 84 valence electrons. The minimum absolute atomic E-state index is 0.524. The topological polar surface area (TPSA) is 31.4 Å². The summed E-state index contributed by atoms with van der Waals surface area (Å²) in [6.45, 7) is 0.524. The van der Waals surface area contributed by atoms with Crippen LogP contribution in [0.1, 0.15) is 4.88 Å². The number of hydrogen-bond donors (Lipinski definition) is 0. The average Bonchev–Trinajstić information content (AvgIpc) is 2.73. The smallest absolute Gasteiger partial charge is 0.159 e. The standard InChI is InChI=1S/C11H10BrNO2S/c1-14-8-3-2-4-9(5-8)15-7-10-6-13-11(12)16-10/h2-6H,7H2,1H3. The minimum Gasteiger partial charge on any atom is -0.497 e. The molecule has 0 bridgehead atoms. The summed E-state index contributed by atoms with van der Waals surface area (Å²) in [5, 5.41) is 0. The number of thiazole rings is 1. The fraction of sp³-hybridized carbons (Fsp3) is 0.182. The molecule has 2 rings (SSSR count). The van der Waals surface area contributed by atoms with Crippen LogP contribution in [0.3, 0.4) is 0 Å². The number of ether oxygens (including phenoxy) is 2. The second-order valence-corrected chi connectivity index (χ2v) is 5.44. The summed E-state index contributed by atoms with van der Waals surface area (Å²) in [7, 11) is 1.64. The zero-order valence-corrected chi connectivity index (χ0v) is 11.0. The second kappa shape index (κ2) is 5.32. The van der Waals surface area contributed by atoms with Crippen molar-refractivity contribution < 1.29 is 9.47 Å². The lowest BCUT2D eigenvalue weighted by Gasteiger charge is -2.05. The number of rotatable bonds is 4. The first kappa shape index (κ1) is 11.4. The van der Waals surface area contributed by atoms with Crippen LogP contribution in [0.5, 0.6) is 11.5 Å². The first-order chi connectivity index (χ1) is 7.78. The molecule has 0 amide bonds. The zero-order chi connectivity index (χ0) is 11.4. The molecule has 0 spiro atoms. The molecule has 0 unspecified atom stereocenters. The average molecular weight is 300 g/mol. The van der Waals surface area contributed by atoms with Crippen molar-refractivity contribution in [3.63, 3.8) is 0 Å². The maximum absolute atomic E-state index is 5.62. The van der Waals surface area contributed by atoms with Crippen molar-refractivity contribution in [3.05, 3.63) is 39.3 Å². The lowest BCUT2D eigenvalue weighted by molar-refractivity contribution is 0.307. The van der Waals surface area contributed by atoms with Gasteiger partial charge in [-0.3, -0.25) is 0 Å². The van der Waals surface area contributed by atoms with E-state index >= 15 is 0 Å². The quantitative estimate of drug-likeness (QED) is 0.866. The van der Waals surface area contributed by atoms with Gasteiger partial charge < -0.3 is 9.47 Å². The predicted molar refractivity (Wildman–Crippen MR) is 67.1 cm³/mol. The molecule has 0 radical (unpaired) electrons. The van der Waals surface area contributed by atoms with Gasteiger partial charge in [0, 0.05) is 12.3 Å². The molecule has 2 aromatic rings. The Balaban J connectivity index is 1.99. The molecule has 0 atom stereocenters. The van der Waals surface area contributed by atoms with Gasteiger partial charge in [0.25, 0.3) is 0 Å². The van der Waals surface area contributed by atoms with Gasteiger partial charge in [0.05, 0.1) is 12.0 Å². The van der Waals surface area contributed by atoms with Crippen LogP contribution in [-0.4, -0.2) is 12.1 Å². The molecule has 0 saturated carbocycles. The number of methoxy groups -OCH3 is 1. The predicted octanol–water partition coefficient (Wildman–Crippen LogP) is 3.49. The van der Waals surface area contributed by atoms with Gasteiger partial charge in [-0.05, 0) is 28.1 Å². The third kappa shape index (κ3) is 2.96. The highest BCUT2D eigenvalue weighted by Crippen LogP contribution is 2.22. The van der Waals surface area contributed by atoms with E-state index in [-0.39, 0.29) is 0 Å². The number of halogens is 1. The van der Waals surface area contributed by atoms with Crippen LogP contribution < -0.4 is 9.47 Å². The summed E-state index contributed by atoms with van der Waals surface area (Å²) in [6, 6.07) is 7.54. The summed E-state index contributed by atoms with van der Waals surface area (Å²) < 4.78 is 11.6. The molecule has 1 aromatic carbocycles. The summed E-state index contributed by atoms with van der Waals surface area (Å²) in [6.07, 6.45) is 1.80. The van der Waals surface area contributed by atoms with E-state index in [1.54, 1.807) is 24.6 Å². The molecule has 16 heavy (non-hydrogen) atoms. The fourth-order valence-corrected chi connectivity index (χ4v) is 2.47. The van der Waals surface area contributed by atoms with Gasteiger partial charge in [-0.25, -0.2) is 4.98 Å². The molecule has 5 heteroatoms. The summed E-state index contributed by atoms with van der Waals surface area (Å²) in [5.74, 6) is 1.59. The Morgan fingerprint density at radius 1 is 1.38 bits per heavy atom. The van der Waals surface area contributed by atoms with Crippen molar-refractivity contribution in [3.8, 4) is 11.5 Å². The van der Waals surface area contributed by atoms with E-state index in [2.05, 4.69) is 20.9 Å². The van der Waals surface area contributed by atoms with Gasteiger partial charge >= 0.3 is 0 Å². The lowest BCUT2D eigenvalue weighted by Crippen LogP contribution is -1.93. The zero-order valence-electron chi connectivity index (χ0n) is 8.64. The third-order valence-corrected chi connectivity index (χ3v) is 3.40. The van der Waals surface area contributed by atoms with Crippen molar-refractivity contribution in [2.24, 2.45) is 0 Å². The molecule has 0 aliphatic rings. The largest absolute Gasteiger partial charge is 0.497 e. The first-order valence-corrected chi connectivity index (χ1v) is 6.26. The van der Waals surface area contributed by atoms with Crippen LogP contribution >= 0.6 is 27.3 Å². The van der Waals surface area contributed by atoms with Gasteiger partial charge in [-0.1, -0.05) is 6.07 Å². The number of aromatic nitrogens is 1. The summed E-state index contributed by atoms with van der Waals surface area (Å²) >= 11 is 4.88. The van der Waals surface area contributed by atoms with Gasteiger partial charge in [0.2, 0.25) is 0 Å². The van der Waals surface area contributed by atoms with Crippen molar-refractivity contribution in [2.45, 2.75) is 6.61 Å². The Kier molecular flexibility index (Phi) is 3.79. The molecule has 0 aliphatic heterocycles. The SMILES string of the molecule is COc1cccc(OCc2cnc(Br)s2)c1. The maximum Gasteiger partial charge on any atom is 0.159 e. The van der Waals surface area contributed by atoms with Crippen LogP contribution in [-0.2, 0) is 6.61 Å². The highest BCUT2D eigenvalue weighted by atomic mass is 79.9. The van der Waals surface area contributed by atoms with Crippen molar-refractivity contribution in [1.29, 1.82) is 0 Å². The number of benzene rings is 1. The van der Waals surface area contributed by atoms with Crippen LogP contribution in [0.2, 0.25) is 0 Å². The van der Waals surface area contributed by atoms with Crippen LogP contribution in [0.15, 0.2) is 34.4 Å². The minimum atomic E-state index is 0.524. The molecule has 0 saturated heterocycles. The van der Waals surface area contributed by atoms with Crippen molar-refractivity contribution in [2.75, 3.05) is 7.11 Å². The van der Waals surface area contributed by atoms with E-state index in [9.17, 15) is 0 Å².